The van der Waals surface area contributed by atoms with Crippen LogP contribution in [0, 0.1) is 0 Å². The van der Waals surface area contributed by atoms with Gasteiger partial charge in [0.1, 0.15) is 5.75 Å². The Morgan fingerprint density at radius 2 is 2.24 bits per heavy atom. The molecule has 5 nitrogen and oxygen atoms in total. The highest BCUT2D eigenvalue weighted by Gasteiger charge is 2.18. The third-order valence-electron chi connectivity index (χ3n) is 3.67. The van der Waals surface area contributed by atoms with Crippen LogP contribution in [0.2, 0.25) is 0 Å². The van der Waals surface area contributed by atoms with Gasteiger partial charge >= 0.3 is 0 Å². The minimum Gasteiger partial charge on any atom is -0.491 e. The summed E-state index contributed by atoms with van der Waals surface area (Å²) in [6.45, 7) is 1.80. The number of nitrogens with two attached hydrogens (primary N) is 1. The van der Waals surface area contributed by atoms with Crippen molar-refractivity contribution in [3.05, 3.63) is 24.3 Å². The van der Waals surface area contributed by atoms with Gasteiger partial charge in [-0.3, -0.25) is 4.79 Å². The Kier molecular flexibility index (Phi) is 5.87. The molecule has 0 aromatic heterocycles. The first kappa shape index (κ1) is 15.6. The minimum absolute atomic E-state index is 0.0682. The smallest absolute Gasteiger partial charge is 0.225 e. The molecule has 0 aliphatic carbocycles. The molecule has 0 bridgehead atoms. The molecule has 1 unspecified atom stereocenters. The SMILES string of the molecule is CN(CC1CCCCO1)C(=O)CCOc1ccccc1N. The number of ether oxygens (including phenoxy) is 2. The van der Waals surface area contributed by atoms with Crippen molar-refractivity contribution >= 4 is 11.6 Å². The summed E-state index contributed by atoms with van der Waals surface area (Å²) < 4.78 is 11.2. The van der Waals surface area contributed by atoms with E-state index in [0.717, 1.165) is 19.4 Å². The number of anilines is 1. The molecule has 0 spiro atoms. The highest BCUT2D eigenvalue weighted by molar-refractivity contribution is 5.76. The fourth-order valence-corrected chi connectivity index (χ4v) is 2.41. The van der Waals surface area contributed by atoms with Crippen LogP contribution in [-0.4, -0.2) is 43.7 Å². The molecule has 1 heterocycles. The third kappa shape index (κ3) is 4.93. The molecule has 1 aliphatic heterocycles. The van der Waals surface area contributed by atoms with Crippen molar-refractivity contribution < 1.29 is 14.3 Å². The minimum atomic E-state index is 0.0682. The first-order valence-electron chi connectivity index (χ1n) is 7.49. The van der Waals surface area contributed by atoms with Crippen LogP contribution in [0.5, 0.6) is 5.75 Å². The van der Waals surface area contributed by atoms with Crippen LogP contribution < -0.4 is 10.5 Å². The quantitative estimate of drug-likeness (QED) is 0.815. The lowest BCUT2D eigenvalue weighted by atomic mass is 10.1. The van der Waals surface area contributed by atoms with Crippen LogP contribution in [0.3, 0.4) is 0 Å². The zero-order chi connectivity index (χ0) is 15.1. The molecule has 1 atom stereocenters. The highest BCUT2D eigenvalue weighted by atomic mass is 16.5. The van der Waals surface area contributed by atoms with Crippen molar-refractivity contribution in [2.75, 3.05) is 32.5 Å². The lowest BCUT2D eigenvalue weighted by Crippen LogP contribution is -2.37. The van der Waals surface area contributed by atoms with E-state index >= 15 is 0 Å². The van der Waals surface area contributed by atoms with Crippen molar-refractivity contribution in [1.82, 2.24) is 4.90 Å². The Hall–Kier alpha value is -1.75. The Morgan fingerprint density at radius 3 is 2.95 bits per heavy atom. The maximum atomic E-state index is 12.1. The molecule has 0 saturated carbocycles. The number of benzene rings is 1. The monoisotopic (exact) mass is 292 g/mol. The summed E-state index contributed by atoms with van der Waals surface area (Å²) >= 11 is 0. The first-order valence-corrected chi connectivity index (χ1v) is 7.49. The predicted molar refractivity (Wildman–Crippen MR) is 82.2 cm³/mol. The second-order valence-electron chi connectivity index (χ2n) is 5.40. The molecular formula is C16H24N2O3. The average molecular weight is 292 g/mol. The topological polar surface area (TPSA) is 64.8 Å². The number of hydrogen-bond acceptors (Lipinski definition) is 4. The Labute approximate surface area is 126 Å². The number of amides is 1. The lowest BCUT2D eigenvalue weighted by Gasteiger charge is -2.27. The van der Waals surface area contributed by atoms with Gasteiger partial charge in [-0.1, -0.05) is 12.1 Å². The number of nitrogen functional groups attached to an aromatic ring is 1. The molecule has 1 saturated heterocycles. The van der Waals surface area contributed by atoms with Crippen LogP contribution in [0.25, 0.3) is 0 Å². The number of para-hydroxylation sites is 2. The summed E-state index contributed by atoms with van der Waals surface area (Å²) in [6, 6.07) is 7.30. The van der Waals surface area contributed by atoms with E-state index in [4.69, 9.17) is 15.2 Å². The Bertz CT molecular complexity index is 459. The predicted octanol–water partition coefficient (Wildman–Crippen LogP) is 2.07. The van der Waals surface area contributed by atoms with E-state index in [-0.39, 0.29) is 12.0 Å². The van der Waals surface area contributed by atoms with Gasteiger partial charge in [-0.2, -0.15) is 0 Å². The van der Waals surface area contributed by atoms with Gasteiger partial charge in [-0.15, -0.1) is 0 Å². The summed E-state index contributed by atoms with van der Waals surface area (Å²) in [5.41, 5.74) is 6.38. The van der Waals surface area contributed by atoms with Crippen molar-refractivity contribution in [3.8, 4) is 5.75 Å². The molecular weight excluding hydrogens is 268 g/mol. The van der Waals surface area contributed by atoms with Gasteiger partial charge in [0.15, 0.2) is 0 Å². The molecule has 1 amide bonds. The fraction of sp³-hybridized carbons (Fsp3) is 0.562. The summed E-state index contributed by atoms with van der Waals surface area (Å²) in [7, 11) is 1.82. The Morgan fingerprint density at radius 1 is 1.43 bits per heavy atom. The number of nitrogens with zero attached hydrogens (tertiary/aromatic N) is 1. The van der Waals surface area contributed by atoms with E-state index in [2.05, 4.69) is 0 Å². The molecule has 2 rings (SSSR count). The number of hydrogen-bond donors (Lipinski definition) is 1. The Balaban J connectivity index is 1.70. The number of carbonyl (C=O) groups excluding carboxylic acids is 1. The third-order valence-corrected chi connectivity index (χ3v) is 3.67. The average Bonchev–Trinajstić information content (AvgIpc) is 2.50. The van der Waals surface area contributed by atoms with Crippen molar-refractivity contribution in [2.24, 2.45) is 0 Å². The lowest BCUT2D eigenvalue weighted by molar-refractivity contribution is -0.132. The molecule has 2 N–H and O–H groups in total. The van der Waals surface area contributed by atoms with Crippen LogP contribution in [0.15, 0.2) is 24.3 Å². The second-order valence-corrected chi connectivity index (χ2v) is 5.40. The largest absolute Gasteiger partial charge is 0.491 e. The summed E-state index contributed by atoms with van der Waals surface area (Å²) in [4.78, 5) is 13.8. The van der Waals surface area contributed by atoms with E-state index < -0.39 is 0 Å². The second kappa shape index (κ2) is 7.88. The van der Waals surface area contributed by atoms with Crippen LogP contribution in [0.1, 0.15) is 25.7 Å². The van der Waals surface area contributed by atoms with Gasteiger partial charge in [-0.25, -0.2) is 0 Å². The molecule has 1 aromatic rings. The molecule has 1 aromatic carbocycles. The number of rotatable bonds is 6. The molecule has 21 heavy (non-hydrogen) atoms. The first-order chi connectivity index (χ1) is 10.2. The van der Waals surface area contributed by atoms with Crippen molar-refractivity contribution in [1.29, 1.82) is 0 Å². The maximum Gasteiger partial charge on any atom is 0.225 e. The van der Waals surface area contributed by atoms with Gasteiger partial charge in [-0.05, 0) is 31.4 Å². The summed E-state index contributed by atoms with van der Waals surface area (Å²) in [6.07, 6.45) is 3.87. The van der Waals surface area contributed by atoms with E-state index in [0.29, 0.717) is 31.0 Å². The number of carbonyl (C=O) groups is 1. The zero-order valence-electron chi connectivity index (χ0n) is 12.6. The molecule has 116 valence electrons. The van der Waals surface area contributed by atoms with Gasteiger partial charge in [0.25, 0.3) is 0 Å². The standard InChI is InChI=1S/C16H24N2O3/c1-18(12-13-6-4-5-10-20-13)16(19)9-11-21-15-8-3-2-7-14(15)17/h2-3,7-8,13H,4-6,9-12,17H2,1H3. The van der Waals surface area contributed by atoms with Crippen LogP contribution in [-0.2, 0) is 9.53 Å². The molecule has 5 heteroatoms. The van der Waals surface area contributed by atoms with Gasteiger partial charge < -0.3 is 20.1 Å². The van der Waals surface area contributed by atoms with Crippen molar-refractivity contribution in [3.63, 3.8) is 0 Å². The zero-order valence-corrected chi connectivity index (χ0v) is 12.6. The summed E-state index contributed by atoms with van der Waals surface area (Å²) in [5.74, 6) is 0.697. The van der Waals surface area contributed by atoms with E-state index in [1.165, 1.54) is 6.42 Å². The van der Waals surface area contributed by atoms with E-state index in [1.54, 1.807) is 17.0 Å². The van der Waals surface area contributed by atoms with Gasteiger partial charge in [0.2, 0.25) is 5.91 Å². The molecule has 1 aliphatic rings. The molecule has 0 radical (unpaired) electrons. The summed E-state index contributed by atoms with van der Waals surface area (Å²) in [5, 5.41) is 0. The normalized spacial score (nSPS) is 18.2. The van der Waals surface area contributed by atoms with Gasteiger partial charge in [0, 0.05) is 20.2 Å². The maximum absolute atomic E-state index is 12.1. The van der Waals surface area contributed by atoms with E-state index in [9.17, 15) is 4.79 Å². The van der Waals surface area contributed by atoms with E-state index in [1.807, 2.05) is 19.2 Å². The van der Waals surface area contributed by atoms with Crippen LogP contribution in [0.4, 0.5) is 5.69 Å². The molecule has 1 fully saturated rings. The van der Waals surface area contributed by atoms with Crippen LogP contribution >= 0.6 is 0 Å². The fourth-order valence-electron chi connectivity index (χ4n) is 2.41. The van der Waals surface area contributed by atoms with Gasteiger partial charge in [0.05, 0.1) is 24.8 Å². The highest BCUT2D eigenvalue weighted by Crippen LogP contribution is 2.20. The van der Waals surface area contributed by atoms with Crippen molar-refractivity contribution in [2.45, 2.75) is 31.8 Å². The number of likely N-dealkylation sites (N-methyl/N-ethyl adjacent to an activating group) is 1.